The normalized spacial score (nSPS) is 13.4. The summed E-state index contributed by atoms with van der Waals surface area (Å²) < 4.78 is 5.35. The Morgan fingerprint density at radius 1 is 1.26 bits per heavy atom. The number of aromatic nitrogens is 3. The molecule has 0 aliphatic heterocycles. The summed E-state index contributed by atoms with van der Waals surface area (Å²) >= 11 is 0. The number of benzene rings is 1. The fraction of sp³-hybridized carbons (Fsp3) is 0.300. The molecule has 0 spiro atoms. The van der Waals surface area contributed by atoms with E-state index in [4.69, 9.17) is 4.52 Å². The first kappa shape index (κ1) is 17.2. The van der Waals surface area contributed by atoms with Gasteiger partial charge >= 0.3 is 0 Å². The molecular formula is C20H21N5O2. The summed E-state index contributed by atoms with van der Waals surface area (Å²) in [4.78, 5) is 23.0. The van der Waals surface area contributed by atoms with Gasteiger partial charge in [-0.1, -0.05) is 17.3 Å². The van der Waals surface area contributed by atoms with E-state index < -0.39 is 0 Å². The summed E-state index contributed by atoms with van der Waals surface area (Å²) in [6.07, 6.45) is 4.03. The van der Waals surface area contributed by atoms with Crippen LogP contribution in [0.25, 0.3) is 11.4 Å². The number of nitrogens with zero attached hydrogens (tertiary/aromatic N) is 4. The molecule has 1 saturated carbocycles. The lowest BCUT2D eigenvalue weighted by atomic mass is 10.1. The van der Waals surface area contributed by atoms with Crippen LogP contribution in [0.2, 0.25) is 0 Å². The Labute approximate surface area is 157 Å². The Morgan fingerprint density at radius 2 is 2.04 bits per heavy atom. The van der Waals surface area contributed by atoms with E-state index in [0.717, 1.165) is 35.7 Å². The van der Waals surface area contributed by atoms with Gasteiger partial charge in [0.05, 0.1) is 6.54 Å². The SMILES string of the molecule is CNc1ccnc(-c2ccc(C(=O)N(C)Cc3cc(C4CC4)on3)cc2)n1. The van der Waals surface area contributed by atoms with Crippen LogP contribution in [0.3, 0.4) is 0 Å². The number of amides is 1. The number of hydrogen-bond donors (Lipinski definition) is 1. The molecular weight excluding hydrogens is 342 g/mol. The molecule has 1 aliphatic rings. The van der Waals surface area contributed by atoms with Crippen molar-refractivity contribution in [3.05, 3.63) is 59.6 Å². The Balaban J connectivity index is 1.44. The third-order valence-corrected chi connectivity index (χ3v) is 4.60. The topological polar surface area (TPSA) is 84.2 Å². The minimum absolute atomic E-state index is 0.0672. The van der Waals surface area contributed by atoms with Crippen LogP contribution in [0.4, 0.5) is 5.82 Å². The average Bonchev–Trinajstić information content (AvgIpc) is 3.47. The van der Waals surface area contributed by atoms with Crippen LogP contribution in [0.15, 0.2) is 47.1 Å². The van der Waals surface area contributed by atoms with Gasteiger partial charge in [0.1, 0.15) is 17.3 Å². The Morgan fingerprint density at radius 3 is 2.74 bits per heavy atom. The minimum atomic E-state index is -0.0672. The van der Waals surface area contributed by atoms with Crippen molar-refractivity contribution in [2.24, 2.45) is 0 Å². The van der Waals surface area contributed by atoms with Crippen molar-refractivity contribution in [1.29, 1.82) is 0 Å². The van der Waals surface area contributed by atoms with Crippen LogP contribution in [0.1, 0.15) is 40.6 Å². The Kier molecular flexibility index (Phi) is 4.58. The van der Waals surface area contributed by atoms with Gasteiger partial charge in [0, 0.05) is 43.4 Å². The molecule has 3 aromatic rings. The highest BCUT2D eigenvalue weighted by molar-refractivity contribution is 5.94. The largest absolute Gasteiger partial charge is 0.373 e. The van der Waals surface area contributed by atoms with Crippen molar-refractivity contribution in [2.75, 3.05) is 19.4 Å². The zero-order chi connectivity index (χ0) is 18.8. The second-order valence-electron chi connectivity index (χ2n) is 6.75. The molecule has 2 heterocycles. The smallest absolute Gasteiger partial charge is 0.253 e. The zero-order valence-electron chi connectivity index (χ0n) is 15.3. The van der Waals surface area contributed by atoms with Crippen molar-refractivity contribution < 1.29 is 9.32 Å². The molecule has 1 aliphatic carbocycles. The molecule has 0 atom stereocenters. The lowest BCUT2D eigenvalue weighted by Crippen LogP contribution is -2.26. The molecule has 0 saturated heterocycles. The van der Waals surface area contributed by atoms with Gasteiger partial charge in [-0.3, -0.25) is 4.79 Å². The van der Waals surface area contributed by atoms with Gasteiger partial charge in [-0.05, 0) is 31.0 Å². The molecule has 1 aromatic carbocycles. The molecule has 0 unspecified atom stereocenters. The van der Waals surface area contributed by atoms with Gasteiger partial charge in [-0.2, -0.15) is 0 Å². The molecule has 0 bridgehead atoms. The van der Waals surface area contributed by atoms with Crippen LogP contribution < -0.4 is 5.32 Å². The van der Waals surface area contributed by atoms with Gasteiger partial charge in [0.25, 0.3) is 5.91 Å². The summed E-state index contributed by atoms with van der Waals surface area (Å²) in [7, 11) is 3.58. The van der Waals surface area contributed by atoms with E-state index >= 15 is 0 Å². The van der Waals surface area contributed by atoms with Crippen molar-refractivity contribution in [3.8, 4) is 11.4 Å². The lowest BCUT2D eigenvalue weighted by molar-refractivity contribution is 0.0782. The first-order chi connectivity index (χ1) is 13.1. The molecule has 1 amide bonds. The standard InChI is InChI=1S/C20H21N5O2/c1-21-18-9-10-22-19(23-18)14-5-7-15(8-6-14)20(26)25(2)12-16-11-17(27-24-16)13-3-4-13/h5-11,13H,3-4,12H2,1-2H3,(H,21,22,23). The summed E-state index contributed by atoms with van der Waals surface area (Å²) in [6.45, 7) is 0.421. The van der Waals surface area contributed by atoms with E-state index in [1.807, 2.05) is 25.2 Å². The van der Waals surface area contributed by atoms with E-state index in [0.29, 0.717) is 23.9 Å². The number of carbonyl (C=O) groups is 1. The number of hydrogen-bond acceptors (Lipinski definition) is 6. The summed E-state index contributed by atoms with van der Waals surface area (Å²) in [6, 6.07) is 11.1. The molecule has 1 fully saturated rings. The molecule has 0 radical (unpaired) electrons. The van der Waals surface area contributed by atoms with Gasteiger partial charge in [-0.25, -0.2) is 9.97 Å². The molecule has 2 aromatic heterocycles. The number of rotatable bonds is 6. The lowest BCUT2D eigenvalue weighted by Gasteiger charge is -2.15. The first-order valence-corrected chi connectivity index (χ1v) is 8.96. The van der Waals surface area contributed by atoms with Crippen LogP contribution in [-0.2, 0) is 6.54 Å². The third kappa shape index (κ3) is 3.81. The second kappa shape index (κ2) is 7.19. The predicted molar refractivity (Wildman–Crippen MR) is 101 cm³/mol. The Hall–Kier alpha value is -3.22. The predicted octanol–water partition coefficient (Wildman–Crippen LogP) is 3.32. The van der Waals surface area contributed by atoms with E-state index in [1.165, 1.54) is 0 Å². The van der Waals surface area contributed by atoms with E-state index in [1.54, 1.807) is 36.3 Å². The number of carbonyl (C=O) groups excluding carboxylic acids is 1. The zero-order valence-corrected chi connectivity index (χ0v) is 15.3. The first-order valence-electron chi connectivity index (χ1n) is 8.96. The van der Waals surface area contributed by atoms with Crippen molar-refractivity contribution in [1.82, 2.24) is 20.0 Å². The number of anilines is 1. The fourth-order valence-electron chi connectivity index (χ4n) is 2.90. The Bertz CT molecular complexity index is 947. The molecule has 4 rings (SSSR count). The van der Waals surface area contributed by atoms with Crippen molar-refractivity contribution in [3.63, 3.8) is 0 Å². The fourth-order valence-corrected chi connectivity index (χ4v) is 2.90. The maximum atomic E-state index is 12.7. The highest BCUT2D eigenvalue weighted by Crippen LogP contribution is 2.40. The number of nitrogens with one attached hydrogen (secondary N) is 1. The summed E-state index contributed by atoms with van der Waals surface area (Å²) in [5.41, 5.74) is 2.25. The quantitative estimate of drug-likeness (QED) is 0.723. The van der Waals surface area contributed by atoms with Crippen molar-refractivity contribution in [2.45, 2.75) is 25.3 Å². The maximum Gasteiger partial charge on any atom is 0.253 e. The van der Waals surface area contributed by atoms with Crippen LogP contribution >= 0.6 is 0 Å². The molecule has 138 valence electrons. The maximum absolute atomic E-state index is 12.7. The van der Waals surface area contributed by atoms with Gasteiger partial charge < -0.3 is 14.7 Å². The van der Waals surface area contributed by atoms with Gasteiger partial charge in [0.2, 0.25) is 0 Å². The molecule has 1 N–H and O–H groups in total. The van der Waals surface area contributed by atoms with E-state index in [2.05, 4.69) is 20.4 Å². The highest BCUT2D eigenvalue weighted by Gasteiger charge is 2.28. The van der Waals surface area contributed by atoms with Crippen LogP contribution in [-0.4, -0.2) is 40.0 Å². The second-order valence-corrected chi connectivity index (χ2v) is 6.75. The monoisotopic (exact) mass is 363 g/mol. The summed E-state index contributed by atoms with van der Waals surface area (Å²) in [5.74, 6) is 2.74. The van der Waals surface area contributed by atoms with Crippen LogP contribution in [0.5, 0.6) is 0 Å². The van der Waals surface area contributed by atoms with Crippen LogP contribution in [0, 0.1) is 0 Å². The van der Waals surface area contributed by atoms with E-state index in [-0.39, 0.29) is 5.91 Å². The van der Waals surface area contributed by atoms with Gasteiger partial charge in [0.15, 0.2) is 5.82 Å². The third-order valence-electron chi connectivity index (χ3n) is 4.60. The molecule has 7 heteroatoms. The van der Waals surface area contributed by atoms with Crippen molar-refractivity contribution >= 4 is 11.7 Å². The highest BCUT2D eigenvalue weighted by atomic mass is 16.5. The molecule has 27 heavy (non-hydrogen) atoms. The van der Waals surface area contributed by atoms with Gasteiger partial charge in [-0.15, -0.1) is 0 Å². The average molecular weight is 363 g/mol. The minimum Gasteiger partial charge on any atom is -0.373 e. The summed E-state index contributed by atoms with van der Waals surface area (Å²) in [5, 5.41) is 7.06. The molecule has 7 nitrogen and oxygen atoms in total. The van der Waals surface area contributed by atoms with E-state index in [9.17, 15) is 4.79 Å².